The molecule has 1 saturated carbocycles. The van der Waals surface area contributed by atoms with E-state index in [-0.39, 0.29) is 18.3 Å². The van der Waals surface area contributed by atoms with Crippen LogP contribution in [-0.2, 0) is 4.74 Å². The van der Waals surface area contributed by atoms with Gasteiger partial charge in [-0.3, -0.25) is 9.89 Å². The van der Waals surface area contributed by atoms with Crippen LogP contribution in [0.1, 0.15) is 47.0 Å². The van der Waals surface area contributed by atoms with Gasteiger partial charge in [0.2, 0.25) is 0 Å². The minimum absolute atomic E-state index is 0.0295. The average molecular weight is 449 g/mol. The van der Waals surface area contributed by atoms with Crippen molar-refractivity contribution in [2.24, 2.45) is 22.7 Å². The molecule has 0 N–H and O–H groups in total. The fourth-order valence-corrected chi connectivity index (χ4v) is 5.11. The smallest absolute Gasteiger partial charge is 0.415 e. The standard InChI is InChI=1S/C28H36N2O3/c1-19(2)23-15-14-20(3)18-26(23)33-28(31)30-17-16-29-27(30)21(4)32-25-13-9-8-12-24(25)22-10-6-5-7-11-22/h5-13,19-21,23,26H,14-18H2,1-4H3/t20-,21+,23+,26-/m1/s1. The zero-order chi connectivity index (χ0) is 23.4. The quantitative estimate of drug-likeness (QED) is 0.511. The molecule has 0 spiro atoms. The van der Waals surface area contributed by atoms with Gasteiger partial charge in [-0.05, 0) is 49.1 Å². The second-order valence-electron chi connectivity index (χ2n) is 9.76. The van der Waals surface area contributed by atoms with Crippen molar-refractivity contribution in [1.29, 1.82) is 0 Å². The highest BCUT2D eigenvalue weighted by Crippen LogP contribution is 2.36. The number of para-hydroxylation sites is 1. The topological polar surface area (TPSA) is 51.1 Å². The fourth-order valence-electron chi connectivity index (χ4n) is 5.11. The summed E-state index contributed by atoms with van der Waals surface area (Å²) in [5.74, 6) is 2.92. The summed E-state index contributed by atoms with van der Waals surface area (Å²) in [6, 6.07) is 18.2. The Bertz CT molecular complexity index is 972. The van der Waals surface area contributed by atoms with Crippen molar-refractivity contribution in [3.63, 3.8) is 0 Å². The Balaban J connectivity index is 1.46. The summed E-state index contributed by atoms with van der Waals surface area (Å²) in [6.45, 7) is 9.77. The van der Waals surface area contributed by atoms with E-state index in [4.69, 9.17) is 9.47 Å². The van der Waals surface area contributed by atoms with Crippen LogP contribution in [0.25, 0.3) is 11.1 Å². The molecule has 1 amide bonds. The highest BCUT2D eigenvalue weighted by atomic mass is 16.6. The second kappa shape index (κ2) is 10.4. The van der Waals surface area contributed by atoms with Crippen molar-refractivity contribution in [2.45, 2.75) is 59.2 Å². The van der Waals surface area contributed by atoms with Gasteiger partial charge in [-0.1, -0.05) is 75.7 Å². The number of aliphatic imine (C=N–C) groups is 1. The van der Waals surface area contributed by atoms with Gasteiger partial charge in [0.15, 0.2) is 6.10 Å². The van der Waals surface area contributed by atoms with Crippen LogP contribution in [0, 0.1) is 17.8 Å². The minimum Gasteiger partial charge on any atom is -0.482 e. The Labute approximate surface area is 197 Å². The number of nitrogens with zero attached hydrogens (tertiary/aromatic N) is 2. The number of hydrogen-bond donors (Lipinski definition) is 0. The van der Waals surface area contributed by atoms with Crippen LogP contribution in [0.5, 0.6) is 5.75 Å². The Kier molecular flexibility index (Phi) is 7.36. The maximum atomic E-state index is 13.2. The summed E-state index contributed by atoms with van der Waals surface area (Å²) in [5, 5.41) is 0. The zero-order valence-electron chi connectivity index (χ0n) is 20.2. The van der Waals surface area contributed by atoms with E-state index in [1.165, 1.54) is 6.42 Å². The first-order valence-corrected chi connectivity index (χ1v) is 12.3. The Morgan fingerprint density at radius 3 is 2.52 bits per heavy atom. The number of carbonyl (C=O) groups is 1. The van der Waals surface area contributed by atoms with Gasteiger partial charge in [-0.15, -0.1) is 0 Å². The first kappa shape index (κ1) is 23.3. The molecule has 0 aromatic heterocycles. The molecule has 0 radical (unpaired) electrons. The van der Waals surface area contributed by atoms with Crippen LogP contribution in [0.2, 0.25) is 0 Å². The molecule has 176 valence electrons. The van der Waals surface area contributed by atoms with Crippen LogP contribution in [0.15, 0.2) is 59.6 Å². The van der Waals surface area contributed by atoms with Crippen molar-refractivity contribution in [2.75, 3.05) is 13.1 Å². The monoisotopic (exact) mass is 448 g/mol. The van der Waals surface area contributed by atoms with Crippen LogP contribution in [0.3, 0.4) is 0 Å². The summed E-state index contributed by atoms with van der Waals surface area (Å²) < 4.78 is 12.4. The van der Waals surface area contributed by atoms with E-state index < -0.39 is 0 Å². The Hall–Kier alpha value is -2.82. The summed E-state index contributed by atoms with van der Waals surface area (Å²) in [4.78, 5) is 19.5. The van der Waals surface area contributed by atoms with Gasteiger partial charge in [-0.2, -0.15) is 0 Å². The van der Waals surface area contributed by atoms with E-state index in [1.807, 2.05) is 43.3 Å². The molecule has 2 aromatic rings. The lowest BCUT2D eigenvalue weighted by Crippen LogP contribution is -2.45. The molecule has 1 fully saturated rings. The molecule has 0 unspecified atom stereocenters. The molecule has 2 aliphatic rings. The van der Waals surface area contributed by atoms with Gasteiger partial charge in [0.25, 0.3) is 0 Å². The van der Waals surface area contributed by atoms with Gasteiger partial charge >= 0.3 is 6.09 Å². The third-order valence-electron chi connectivity index (χ3n) is 6.95. The number of amidine groups is 1. The van der Waals surface area contributed by atoms with Crippen molar-refractivity contribution < 1.29 is 14.3 Å². The zero-order valence-corrected chi connectivity index (χ0v) is 20.2. The summed E-state index contributed by atoms with van der Waals surface area (Å²) in [5.41, 5.74) is 2.12. The molecule has 4 rings (SSSR count). The number of ether oxygens (including phenoxy) is 2. The van der Waals surface area contributed by atoms with Gasteiger partial charge in [0.05, 0.1) is 13.1 Å². The Morgan fingerprint density at radius 1 is 1.03 bits per heavy atom. The molecule has 5 heteroatoms. The molecule has 0 bridgehead atoms. The molecule has 1 aliphatic carbocycles. The normalized spacial score (nSPS) is 23.8. The molecular weight excluding hydrogens is 412 g/mol. The summed E-state index contributed by atoms with van der Waals surface area (Å²) in [6.07, 6.45) is 2.58. The fraction of sp³-hybridized carbons (Fsp3) is 0.500. The lowest BCUT2D eigenvalue weighted by molar-refractivity contribution is -0.00297. The van der Waals surface area contributed by atoms with Crippen LogP contribution in [-0.4, -0.2) is 42.1 Å². The van der Waals surface area contributed by atoms with E-state index >= 15 is 0 Å². The molecule has 2 aromatic carbocycles. The molecule has 1 aliphatic heterocycles. The minimum atomic E-state index is -0.365. The van der Waals surface area contributed by atoms with Crippen LogP contribution >= 0.6 is 0 Å². The number of carbonyl (C=O) groups excluding carboxylic acids is 1. The van der Waals surface area contributed by atoms with Crippen molar-refractivity contribution in [3.8, 4) is 16.9 Å². The molecule has 33 heavy (non-hydrogen) atoms. The van der Waals surface area contributed by atoms with E-state index in [1.54, 1.807) is 4.90 Å². The largest absolute Gasteiger partial charge is 0.482 e. The summed E-state index contributed by atoms with van der Waals surface area (Å²) >= 11 is 0. The molecular formula is C28H36N2O3. The molecule has 5 nitrogen and oxygen atoms in total. The predicted molar refractivity (Wildman–Crippen MR) is 133 cm³/mol. The van der Waals surface area contributed by atoms with E-state index in [2.05, 4.69) is 44.0 Å². The second-order valence-corrected chi connectivity index (χ2v) is 9.76. The highest BCUT2D eigenvalue weighted by Gasteiger charge is 2.37. The van der Waals surface area contributed by atoms with E-state index in [0.717, 1.165) is 29.7 Å². The van der Waals surface area contributed by atoms with E-state index in [9.17, 15) is 4.79 Å². The number of amides is 1. The molecule has 1 heterocycles. The maximum Gasteiger partial charge on any atom is 0.415 e. The number of benzene rings is 2. The van der Waals surface area contributed by atoms with Crippen LogP contribution in [0.4, 0.5) is 4.79 Å². The summed E-state index contributed by atoms with van der Waals surface area (Å²) in [7, 11) is 0. The van der Waals surface area contributed by atoms with Gasteiger partial charge in [0, 0.05) is 5.56 Å². The number of rotatable bonds is 6. The third-order valence-corrected chi connectivity index (χ3v) is 6.95. The van der Waals surface area contributed by atoms with Gasteiger partial charge < -0.3 is 9.47 Å². The SMILES string of the molecule is CC(C)[C@@H]1CC[C@@H](C)C[C@H]1OC(=O)N1CCN=C1[C@H](C)Oc1ccccc1-c1ccccc1. The lowest BCUT2D eigenvalue weighted by atomic mass is 9.75. The van der Waals surface area contributed by atoms with Crippen LogP contribution < -0.4 is 4.74 Å². The first-order chi connectivity index (χ1) is 15.9. The number of hydrogen-bond acceptors (Lipinski definition) is 4. The maximum absolute atomic E-state index is 13.2. The molecule has 4 atom stereocenters. The first-order valence-electron chi connectivity index (χ1n) is 12.3. The highest BCUT2D eigenvalue weighted by molar-refractivity contribution is 5.99. The van der Waals surface area contributed by atoms with Crippen molar-refractivity contribution >= 4 is 11.9 Å². The van der Waals surface area contributed by atoms with Crippen molar-refractivity contribution in [3.05, 3.63) is 54.6 Å². The lowest BCUT2D eigenvalue weighted by Gasteiger charge is -2.37. The van der Waals surface area contributed by atoms with E-state index in [0.29, 0.717) is 36.7 Å². The molecule has 0 saturated heterocycles. The third kappa shape index (κ3) is 5.40. The predicted octanol–water partition coefficient (Wildman–Crippen LogP) is 6.43. The average Bonchev–Trinajstić information content (AvgIpc) is 3.30. The Morgan fingerprint density at radius 2 is 1.76 bits per heavy atom. The van der Waals surface area contributed by atoms with Crippen molar-refractivity contribution in [1.82, 2.24) is 4.90 Å². The van der Waals surface area contributed by atoms with Gasteiger partial charge in [0.1, 0.15) is 17.7 Å². The van der Waals surface area contributed by atoms with Gasteiger partial charge in [-0.25, -0.2) is 4.79 Å².